The van der Waals surface area contributed by atoms with Crippen LogP contribution in [0, 0.1) is 11.2 Å². The fourth-order valence-electron chi connectivity index (χ4n) is 3.84. The molecule has 0 radical (unpaired) electrons. The van der Waals surface area contributed by atoms with Crippen LogP contribution in [0.4, 0.5) is 23.2 Å². The average Bonchev–Trinajstić information content (AvgIpc) is 2.77. The first-order valence-corrected chi connectivity index (χ1v) is 10.5. The van der Waals surface area contributed by atoms with Crippen LogP contribution in [-0.4, -0.2) is 42.9 Å². The first-order chi connectivity index (χ1) is 15.5. The number of nitrogens with zero attached hydrogens (tertiary/aromatic N) is 2. The highest BCUT2D eigenvalue weighted by Gasteiger charge is 2.35. The van der Waals surface area contributed by atoms with Gasteiger partial charge in [0.2, 0.25) is 0 Å². The first kappa shape index (κ1) is 24.4. The molecule has 1 saturated heterocycles. The van der Waals surface area contributed by atoms with Crippen LogP contribution in [0.1, 0.15) is 53.0 Å². The molecule has 11 heteroatoms. The Kier molecular flexibility index (Phi) is 7.21. The summed E-state index contributed by atoms with van der Waals surface area (Å²) in [7, 11) is 1.42. The van der Waals surface area contributed by atoms with E-state index in [-0.39, 0.29) is 28.7 Å². The normalized spacial score (nSPS) is 17.4. The van der Waals surface area contributed by atoms with E-state index >= 15 is 0 Å². The Morgan fingerprint density at radius 2 is 2.09 bits per heavy atom. The number of hydrogen-bond acceptors (Lipinski definition) is 5. The number of carbonyl (C=O) groups is 1. The lowest BCUT2D eigenvalue weighted by Gasteiger charge is -2.32. The van der Waals surface area contributed by atoms with Gasteiger partial charge in [-0.25, -0.2) is 9.37 Å². The number of rotatable bonds is 5. The Morgan fingerprint density at radius 3 is 2.73 bits per heavy atom. The van der Waals surface area contributed by atoms with E-state index in [9.17, 15) is 22.4 Å². The lowest BCUT2D eigenvalue weighted by atomic mass is 10.0. The summed E-state index contributed by atoms with van der Waals surface area (Å²) in [6, 6.07) is 3.61. The molecule has 1 aromatic heterocycles. The monoisotopic (exact) mass is 466 g/mol. The predicted molar refractivity (Wildman–Crippen MR) is 117 cm³/mol. The third-order valence-electron chi connectivity index (χ3n) is 5.57. The highest BCUT2D eigenvalue weighted by molar-refractivity contribution is 6.07. The molecule has 33 heavy (non-hydrogen) atoms. The van der Waals surface area contributed by atoms with Gasteiger partial charge in [0, 0.05) is 37.3 Å². The summed E-state index contributed by atoms with van der Waals surface area (Å²) in [5, 5.41) is 13.7. The van der Waals surface area contributed by atoms with E-state index in [0.29, 0.717) is 18.3 Å². The molecule has 2 aromatic rings. The number of carbonyl (C=O) groups excluding carboxylic acids is 1. The van der Waals surface area contributed by atoms with Crippen molar-refractivity contribution in [2.75, 3.05) is 25.0 Å². The number of benzene rings is 1. The molecule has 1 aliphatic heterocycles. The van der Waals surface area contributed by atoms with Crippen LogP contribution in [0.2, 0.25) is 0 Å². The Morgan fingerprint density at radius 1 is 1.36 bits per heavy atom. The molecule has 0 spiro atoms. The zero-order valence-electron chi connectivity index (χ0n) is 18.3. The Labute approximate surface area is 188 Å². The van der Waals surface area contributed by atoms with Crippen molar-refractivity contribution in [2.24, 2.45) is 5.73 Å². The fraction of sp³-hybridized carbons (Fsp3) is 0.409. The molecule has 1 amide bonds. The molecule has 1 aromatic carbocycles. The van der Waals surface area contributed by atoms with Gasteiger partial charge in [-0.3, -0.25) is 10.2 Å². The summed E-state index contributed by atoms with van der Waals surface area (Å²) in [6.45, 7) is 2.77. The Hall–Kier alpha value is -3.21. The molecule has 0 aliphatic carbocycles. The maximum atomic E-state index is 14.6. The van der Waals surface area contributed by atoms with Gasteiger partial charge in [-0.1, -0.05) is 12.1 Å². The standard InChI is InChI=1S/C22H26F4N6O/c1-12(15-6-3-7-17(18(15)23)22(24,25)26)31-20(28)16-9-14(10-30-19(16)21(33)29-2)32-8-4-5-13(27)11-32/h3,6-7,9-10,12-13H,4-5,8,11,27H2,1-2H3,(H2,28,31)(H,29,33)/t12-,13?/m1/s1. The summed E-state index contributed by atoms with van der Waals surface area (Å²) >= 11 is 0. The van der Waals surface area contributed by atoms with Crippen molar-refractivity contribution in [1.29, 1.82) is 5.41 Å². The van der Waals surface area contributed by atoms with Crippen molar-refractivity contribution in [2.45, 2.75) is 38.0 Å². The first-order valence-electron chi connectivity index (χ1n) is 10.5. The van der Waals surface area contributed by atoms with Crippen molar-refractivity contribution >= 4 is 17.4 Å². The van der Waals surface area contributed by atoms with Crippen LogP contribution < -0.4 is 21.3 Å². The van der Waals surface area contributed by atoms with Crippen LogP contribution in [0.5, 0.6) is 0 Å². The molecule has 3 rings (SSSR count). The lowest BCUT2D eigenvalue weighted by Crippen LogP contribution is -2.43. The van der Waals surface area contributed by atoms with Gasteiger partial charge in [0.1, 0.15) is 17.3 Å². The molecule has 1 unspecified atom stereocenters. The predicted octanol–water partition coefficient (Wildman–Crippen LogP) is 3.20. The topological polar surface area (TPSA) is 107 Å². The number of anilines is 1. The number of amidine groups is 1. The maximum absolute atomic E-state index is 14.6. The summed E-state index contributed by atoms with van der Waals surface area (Å²) < 4.78 is 53.8. The molecule has 0 saturated carbocycles. The molecule has 2 heterocycles. The highest BCUT2D eigenvalue weighted by atomic mass is 19.4. The lowest BCUT2D eigenvalue weighted by molar-refractivity contribution is -0.140. The number of aromatic nitrogens is 1. The molecule has 7 nitrogen and oxygen atoms in total. The number of nitrogens with two attached hydrogens (primary N) is 1. The van der Waals surface area contributed by atoms with Crippen LogP contribution in [0.3, 0.4) is 0 Å². The molecule has 1 aliphatic rings. The van der Waals surface area contributed by atoms with Crippen molar-refractivity contribution in [3.8, 4) is 0 Å². The zero-order valence-corrected chi connectivity index (χ0v) is 18.3. The Bertz CT molecular complexity index is 1040. The van der Waals surface area contributed by atoms with E-state index in [1.165, 1.54) is 26.2 Å². The zero-order chi connectivity index (χ0) is 24.3. The molecule has 178 valence electrons. The molecule has 0 bridgehead atoms. The van der Waals surface area contributed by atoms with Crippen molar-refractivity contribution in [1.82, 2.24) is 15.6 Å². The number of alkyl halides is 3. The van der Waals surface area contributed by atoms with Gasteiger partial charge >= 0.3 is 6.18 Å². The maximum Gasteiger partial charge on any atom is 0.419 e. The van der Waals surface area contributed by atoms with Crippen LogP contribution >= 0.6 is 0 Å². The van der Waals surface area contributed by atoms with Gasteiger partial charge in [0.05, 0.1) is 23.5 Å². The number of amides is 1. The van der Waals surface area contributed by atoms with E-state index in [4.69, 9.17) is 11.1 Å². The number of hydrogen-bond donors (Lipinski definition) is 4. The summed E-state index contributed by atoms with van der Waals surface area (Å²) in [5.41, 5.74) is 5.20. The van der Waals surface area contributed by atoms with E-state index in [2.05, 4.69) is 15.6 Å². The quantitative estimate of drug-likeness (QED) is 0.308. The number of piperidine rings is 1. The number of nitrogens with one attached hydrogen (secondary N) is 3. The molecule has 2 atom stereocenters. The van der Waals surface area contributed by atoms with E-state index < -0.39 is 29.5 Å². The average molecular weight is 466 g/mol. The van der Waals surface area contributed by atoms with Gasteiger partial charge < -0.3 is 21.3 Å². The van der Waals surface area contributed by atoms with Gasteiger partial charge in [-0.05, 0) is 31.9 Å². The van der Waals surface area contributed by atoms with Crippen LogP contribution in [0.15, 0.2) is 30.5 Å². The minimum Gasteiger partial charge on any atom is -0.369 e. The van der Waals surface area contributed by atoms with Gasteiger partial charge in [0.25, 0.3) is 5.91 Å². The van der Waals surface area contributed by atoms with Crippen LogP contribution in [-0.2, 0) is 6.18 Å². The largest absolute Gasteiger partial charge is 0.419 e. The third kappa shape index (κ3) is 5.41. The molecule has 5 N–H and O–H groups in total. The second-order valence-electron chi connectivity index (χ2n) is 7.96. The van der Waals surface area contributed by atoms with Crippen molar-refractivity contribution < 1.29 is 22.4 Å². The smallest absolute Gasteiger partial charge is 0.369 e. The number of halogens is 4. The van der Waals surface area contributed by atoms with E-state index in [0.717, 1.165) is 25.5 Å². The minimum absolute atomic E-state index is 0.0118. The van der Waals surface area contributed by atoms with Gasteiger partial charge in [-0.15, -0.1) is 0 Å². The Balaban J connectivity index is 1.92. The second-order valence-corrected chi connectivity index (χ2v) is 7.96. The summed E-state index contributed by atoms with van der Waals surface area (Å²) in [5.74, 6) is -2.21. The number of pyridine rings is 1. The minimum atomic E-state index is -4.84. The van der Waals surface area contributed by atoms with Gasteiger partial charge in [0.15, 0.2) is 0 Å². The van der Waals surface area contributed by atoms with Crippen LogP contribution in [0.25, 0.3) is 0 Å². The molecular formula is C22H26F4N6O. The summed E-state index contributed by atoms with van der Waals surface area (Å²) in [6.07, 6.45) is -1.54. The summed E-state index contributed by atoms with van der Waals surface area (Å²) in [4.78, 5) is 18.5. The molecule has 1 fully saturated rings. The SMILES string of the molecule is CNC(=O)c1ncc(N2CCCC(N)C2)cc1C(=N)N[C@H](C)c1cccc(C(F)(F)F)c1F. The highest BCUT2D eigenvalue weighted by Crippen LogP contribution is 2.34. The van der Waals surface area contributed by atoms with Gasteiger partial charge in [-0.2, -0.15) is 13.2 Å². The fourth-order valence-corrected chi connectivity index (χ4v) is 3.84. The molecular weight excluding hydrogens is 440 g/mol. The van der Waals surface area contributed by atoms with Crippen molar-refractivity contribution in [3.05, 3.63) is 58.7 Å². The van der Waals surface area contributed by atoms with E-state index in [1.807, 2.05) is 4.90 Å². The van der Waals surface area contributed by atoms with Crippen molar-refractivity contribution in [3.63, 3.8) is 0 Å². The van der Waals surface area contributed by atoms with E-state index in [1.54, 1.807) is 6.07 Å². The third-order valence-corrected chi connectivity index (χ3v) is 5.57. The second kappa shape index (κ2) is 9.74.